The number of nitrogens with two attached hydrogens (primary N) is 7. The number of hydrogen-bond donors (Lipinski definition) is 12. The van der Waals surface area contributed by atoms with Crippen molar-refractivity contribution in [2.75, 3.05) is 32.7 Å². The Balaban J connectivity index is 5.88. The quantitative estimate of drug-likeness (QED) is 0.0211. The summed E-state index contributed by atoms with van der Waals surface area (Å²) in [5, 5.41) is 20.3. The van der Waals surface area contributed by atoms with Gasteiger partial charge in [0.1, 0.15) is 24.2 Å². The van der Waals surface area contributed by atoms with Crippen LogP contribution in [0.1, 0.15) is 89.9 Å². The predicted octanol–water partition coefficient (Wildman–Crippen LogP) is -3.09. The number of guanidine groups is 1. The molecule has 0 spiro atoms. The molecule has 278 valence electrons. The Morgan fingerprint density at radius 3 is 1.17 bits per heavy atom. The summed E-state index contributed by atoms with van der Waals surface area (Å²) in [7, 11) is 0. The SMILES string of the molecule is NCCCCC(NC(=O)C(CCCCN)NC(=O)C(CCCCN)NC(=O)C(CCCCN)NC(=O)C(N)CCCN=C(N)N)C(=O)O. The molecule has 0 fully saturated rings. The van der Waals surface area contributed by atoms with Crippen LogP contribution in [-0.2, 0) is 24.0 Å². The van der Waals surface area contributed by atoms with Crippen molar-refractivity contribution in [3.63, 3.8) is 0 Å². The molecule has 0 heterocycles. The van der Waals surface area contributed by atoms with Crippen molar-refractivity contribution >= 4 is 35.6 Å². The topological polar surface area (TPSA) is 348 Å². The molecule has 0 aliphatic carbocycles. The molecule has 0 bridgehead atoms. The van der Waals surface area contributed by atoms with Crippen LogP contribution in [0.15, 0.2) is 4.99 Å². The maximum atomic E-state index is 13.6. The molecule has 0 saturated heterocycles. The molecule has 0 radical (unpaired) electrons. The number of carboxylic acid groups (broad SMARTS) is 1. The second kappa shape index (κ2) is 27.4. The number of hydrogen-bond acceptors (Lipinski definition) is 11. The van der Waals surface area contributed by atoms with E-state index in [-0.39, 0.29) is 38.1 Å². The number of carboxylic acids is 1. The van der Waals surface area contributed by atoms with Gasteiger partial charge in [0.2, 0.25) is 23.6 Å². The van der Waals surface area contributed by atoms with E-state index in [0.717, 1.165) is 0 Å². The van der Waals surface area contributed by atoms with Crippen LogP contribution in [0, 0.1) is 0 Å². The molecule has 0 aliphatic heterocycles. The van der Waals surface area contributed by atoms with Crippen LogP contribution < -0.4 is 61.4 Å². The van der Waals surface area contributed by atoms with Gasteiger partial charge in [-0.1, -0.05) is 0 Å². The third-order valence-electron chi connectivity index (χ3n) is 7.61. The Hall–Kier alpha value is -3.58. The maximum Gasteiger partial charge on any atom is 0.326 e. The van der Waals surface area contributed by atoms with Gasteiger partial charge in [-0.2, -0.15) is 0 Å². The Morgan fingerprint density at radius 2 is 0.833 bits per heavy atom. The van der Waals surface area contributed by atoms with Crippen molar-refractivity contribution < 1.29 is 29.1 Å². The molecule has 48 heavy (non-hydrogen) atoms. The first-order chi connectivity index (χ1) is 22.9. The number of aliphatic imine (C=N–C) groups is 1. The van der Waals surface area contributed by atoms with Gasteiger partial charge in [-0.3, -0.25) is 24.2 Å². The Kier molecular flexibility index (Phi) is 25.3. The summed E-state index contributed by atoms with van der Waals surface area (Å²) < 4.78 is 0. The van der Waals surface area contributed by atoms with E-state index in [9.17, 15) is 29.1 Å². The summed E-state index contributed by atoms with van der Waals surface area (Å²) in [4.78, 5) is 69.0. The van der Waals surface area contributed by atoms with E-state index in [0.29, 0.717) is 90.5 Å². The van der Waals surface area contributed by atoms with E-state index < -0.39 is 59.8 Å². The highest BCUT2D eigenvalue weighted by atomic mass is 16.4. The number of unbranched alkanes of at least 4 members (excludes halogenated alkanes) is 4. The van der Waals surface area contributed by atoms with Crippen LogP contribution in [0.3, 0.4) is 0 Å². The molecule has 4 amide bonds. The monoisotopic (exact) mass is 686 g/mol. The van der Waals surface area contributed by atoms with Crippen molar-refractivity contribution in [1.29, 1.82) is 0 Å². The average Bonchev–Trinajstić information content (AvgIpc) is 3.04. The molecule has 0 aromatic carbocycles. The Morgan fingerprint density at radius 1 is 0.500 bits per heavy atom. The zero-order valence-corrected chi connectivity index (χ0v) is 28.3. The van der Waals surface area contributed by atoms with E-state index in [1.807, 2.05) is 0 Å². The summed E-state index contributed by atoms with van der Waals surface area (Å²) in [5.41, 5.74) is 39.1. The minimum Gasteiger partial charge on any atom is -0.480 e. The second-order valence-electron chi connectivity index (χ2n) is 11.8. The van der Waals surface area contributed by atoms with Gasteiger partial charge in [-0.05, 0) is 116 Å². The molecule has 0 rings (SSSR count). The summed E-state index contributed by atoms with van der Waals surface area (Å²) >= 11 is 0. The van der Waals surface area contributed by atoms with E-state index in [4.69, 9.17) is 40.1 Å². The van der Waals surface area contributed by atoms with Gasteiger partial charge in [0.15, 0.2) is 5.96 Å². The minimum atomic E-state index is -1.20. The van der Waals surface area contributed by atoms with Gasteiger partial charge in [0.25, 0.3) is 0 Å². The van der Waals surface area contributed by atoms with E-state index in [2.05, 4.69) is 26.3 Å². The van der Waals surface area contributed by atoms with Crippen molar-refractivity contribution in [3.05, 3.63) is 0 Å². The first-order valence-electron chi connectivity index (χ1n) is 17.0. The average molecular weight is 687 g/mol. The summed E-state index contributed by atoms with van der Waals surface area (Å²) in [5.74, 6) is -3.71. The number of carbonyl (C=O) groups excluding carboxylic acids is 4. The number of amides is 4. The van der Waals surface area contributed by atoms with Gasteiger partial charge in [-0.15, -0.1) is 0 Å². The number of nitrogens with zero attached hydrogens (tertiary/aromatic N) is 1. The molecule has 18 heteroatoms. The van der Waals surface area contributed by atoms with Crippen molar-refractivity contribution in [3.8, 4) is 0 Å². The highest BCUT2D eigenvalue weighted by Gasteiger charge is 2.31. The third kappa shape index (κ3) is 20.6. The predicted molar refractivity (Wildman–Crippen MR) is 185 cm³/mol. The summed E-state index contributed by atoms with van der Waals surface area (Å²) in [6.07, 6.45) is 5.91. The third-order valence-corrected chi connectivity index (χ3v) is 7.61. The first kappa shape index (κ1) is 44.4. The molecule has 0 saturated carbocycles. The lowest BCUT2D eigenvalue weighted by Crippen LogP contribution is -2.58. The smallest absolute Gasteiger partial charge is 0.326 e. The minimum absolute atomic E-state index is 0.0694. The summed E-state index contributed by atoms with van der Waals surface area (Å²) in [6, 6.07) is -5.24. The zero-order valence-electron chi connectivity index (χ0n) is 28.3. The van der Waals surface area contributed by atoms with Gasteiger partial charge in [0, 0.05) is 6.54 Å². The molecule has 0 aliphatic rings. The van der Waals surface area contributed by atoms with Crippen LogP contribution in [0.5, 0.6) is 0 Å². The highest BCUT2D eigenvalue weighted by Crippen LogP contribution is 2.09. The van der Waals surface area contributed by atoms with E-state index in [1.54, 1.807) is 0 Å². The molecule has 5 atom stereocenters. The molecule has 5 unspecified atom stereocenters. The first-order valence-corrected chi connectivity index (χ1v) is 17.0. The van der Waals surface area contributed by atoms with Crippen LogP contribution in [0.4, 0.5) is 0 Å². The lowest BCUT2D eigenvalue weighted by molar-refractivity contribution is -0.142. The molecule has 0 aromatic rings. The Bertz CT molecular complexity index is 982. The second-order valence-corrected chi connectivity index (χ2v) is 11.8. The number of aliphatic carboxylic acids is 1. The maximum absolute atomic E-state index is 13.6. The van der Waals surface area contributed by atoms with E-state index in [1.165, 1.54) is 0 Å². The van der Waals surface area contributed by atoms with Crippen molar-refractivity contribution in [1.82, 2.24) is 21.3 Å². The summed E-state index contributed by atoms with van der Waals surface area (Å²) in [6.45, 7) is 1.81. The fourth-order valence-electron chi connectivity index (χ4n) is 4.78. The van der Waals surface area contributed by atoms with Crippen molar-refractivity contribution in [2.24, 2.45) is 45.1 Å². The van der Waals surface area contributed by atoms with Crippen LogP contribution in [-0.4, -0.2) is 104 Å². The van der Waals surface area contributed by atoms with Crippen LogP contribution >= 0.6 is 0 Å². The van der Waals surface area contributed by atoms with Crippen molar-refractivity contribution in [2.45, 2.75) is 120 Å². The van der Waals surface area contributed by atoms with Crippen LogP contribution in [0.25, 0.3) is 0 Å². The largest absolute Gasteiger partial charge is 0.480 e. The molecule has 19 N–H and O–H groups in total. The normalized spacial score (nSPS) is 14.1. The van der Waals surface area contributed by atoms with Crippen LogP contribution in [0.2, 0.25) is 0 Å². The number of rotatable bonds is 29. The number of nitrogens with one attached hydrogen (secondary N) is 4. The lowest BCUT2D eigenvalue weighted by Gasteiger charge is -2.26. The van der Waals surface area contributed by atoms with Gasteiger partial charge >= 0.3 is 5.97 Å². The highest BCUT2D eigenvalue weighted by molar-refractivity contribution is 5.95. The Labute approximate surface area is 283 Å². The lowest BCUT2D eigenvalue weighted by atomic mass is 10.0. The van der Waals surface area contributed by atoms with Gasteiger partial charge < -0.3 is 66.5 Å². The molecular weight excluding hydrogens is 624 g/mol. The fraction of sp³-hybridized carbons (Fsp3) is 0.800. The number of carbonyl (C=O) groups is 5. The van der Waals surface area contributed by atoms with Gasteiger partial charge in [0.05, 0.1) is 6.04 Å². The molecule has 18 nitrogen and oxygen atoms in total. The zero-order chi connectivity index (χ0) is 36.3. The van der Waals surface area contributed by atoms with E-state index >= 15 is 0 Å². The molecule has 0 aromatic heterocycles. The van der Waals surface area contributed by atoms with Gasteiger partial charge in [-0.25, -0.2) is 4.79 Å². The standard InChI is InChI=1S/C30H62N12O6/c31-15-5-1-11-21(39-25(43)20(35)10-9-19-38-30(36)37)26(44)40-22(12-2-6-16-32)27(45)41-23(13-3-7-17-33)28(46)42-24(29(47)48)14-4-8-18-34/h20-24H,1-19,31-35H2,(H,39,43)(H,40,44)(H,41,45)(H,42,46)(H,47,48)(H4,36,37,38). The fourth-order valence-corrected chi connectivity index (χ4v) is 4.78. The molecular formula is C30H62N12O6.